The van der Waals surface area contributed by atoms with E-state index in [1.54, 1.807) is 0 Å². The third-order valence-electron chi connectivity index (χ3n) is 0.445. The van der Waals surface area contributed by atoms with Crippen molar-refractivity contribution in [1.82, 2.24) is 0 Å². The molecule has 0 bridgehead atoms. The molecular formula is C3H5NaO4. The van der Waals surface area contributed by atoms with Crippen LogP contribution in [-0.2, 0) is 4.79 Å². The summed E-state index contributed by atoms with van der Waals surface area (Å²) in [5, 5.41) is 25.3. The van der Waals surface area contributed by atoms with Gasteiger partial charge < -0.3 is 20.1 Å². The van der Waals surface area contributed by atoms with Crippen molar-refractivity contribution in [3.63, 3.8) is 0 Å². The molecule has 0 radical (unpaired) electrons. The van der Waals surface area contributed by atoms with Crippen molar-refractivity contribution >= 4 is 5.97 Å². The topological polar surface area (TPSA) is 80.6 Å². The second-order valence-electron chi connectivity index (χ2n) is 1.02. The van der Waals surface area contributed by atoms with Crippen LogP contribution in [0.4, 0.5) is 0 Å². The molecule has 0 fully saturated rings. The van der Waals surface area contributed by atoms with Crippen molar-refractivity contribution in [1.29, 1.82) is 0 Å². The molecule has 0 unspecified atom stereocenters. The second-order valence-corrected chi connectivity index (χ2v) is 1.02. The predicted molar refractivity (Wildman–Crippen MR) is 18.1 cm³/mol. The van der Waals surface area contributed by atoms with Gasteiger partial charge in [0.1, 0.15) is 6.10 Å². The number of aliphatic hydroxyl groups excluding tert-OH is 2. The molecule has 8 heavy (non-hydrogen) atoms. The van der Waals surface area contributed by atoms with Crippen LogP contribution in [0.1, 0.15) is 0 Å². The molecule has 0 aromatic rings. The third-order valence-corrected chi connectivity index (χ3v) is 0.445. The molecule has 0 aliphatic carbocycles. The van der Waals surface area contributed by atoms with E-state index in [9.17, 15) is 9.90 Å². The molecule has 0 aliphatic rings. The maximum Gasteiger partial charge on any atom is 1.00 e. The zero-order valence-corrected chi connectivity index (χ0v) is 6.50. The summed E-state index contributed by atoms with van der Waals surface area (Å²) in [4.78, 5) is 9.41. The number of aliphatic hydroxyl groups is 2. The summed E-state index contributed by atoms with van der Waals surface area (Å²) in [6.45, 7) is -0.789. The fourth-order valence-electron chi connectivity index (χ4n) is 0.0745. The van der Waals surface area contributed by atoms with E-state index in [0.29, 0.717) is 0 Å². The van der Waals surface area contributed by atoms with Crippen LogP contribution >= 0.6 is 0 Å². The zero-order chi connectivity index (χ0) is 5.86. The Labute approximate surface area is 68.4 Å². The van der Waals surface area contributed by atoms with Crippen LogP contribution in [0.15, 0.2) is 0 Å². The third kappa shape index (κ3) is 4.55. The minimum atomic E-state index is -1.74. The van der Waals surface area contributed by atoms with E-state index in [-0.39, 0.29) is 29.6 Å². The number of carboxylic acids is 1. The summed E-state index contributed by atoms with van der Waals surface area (Å²) in [6, 6.07) is 0. The van der Waals surface area contributed by atoms with Gasteiger partial charge >= 0.3 is 29.6 Å². The number of aliphatic carboxylic acids is 1. The van der Waals surface area contributed by atoms with Gasteiger partial charge in [0, 0.05) is 0 Å². The number of carbonyl (C=O) groups excluding carboxylic acids is 1. The second kappa shape index (κ2) is 5.53. The number of rotatable bonds is 2. The molecule has 0 heterocycles. The van der Waals surface area contributed by atoms with E-state index in [1.807, 2.05) is 0 Å². The molecule has 0 spiro atoms. The molecule has 42 valence electrons. The van der Waals surface area contributed by atoms with Gasteiger partial charge in [-0.15, -0.1) is 0 Å². The van der Waals surface area contributed by atoms with Gasteiger partial charge in [-0.3, -0.25) is 0 Å². The van der Waals surface area contributed by atoms with E-state index < -0.39 is 18.7 Å². The van der Waals surface area contributed by atoms with Crippen LogP contribution in [0, 0.1) is 0 Å². The molecule has 2 N–H and O–H groups in total. The molecule has 0 aliphatic heterocycles. The number of carbonyl (C=O) groups is 1. The summed E-state index contributed by atoms with van der Waals surface area (Å²) in [5.74, 6) is -1.65. The first-order chi connectivity index (χ1) is 3.18. The minimum Gasteiger partial charge on any atom is -0.547 e. The van der Waals surface area contributed by atoms with Crippen LogP contribution in [-0.4, -0.2) is 28.9 Å². The van der Waals surface area contributed by atoms with Crippen LogP contribution in [0.5, 0.6) is 0 Å². The normalized spacial score (nSPS) is 11.8. The van der Waals surface area contributed by atoms with Crippen LogP contribution in [0.25, 0.3) is 0 Å². The SMILES string of the molecule is O=C([O-])[C@H](O)CO.[Na+]. The average Bonchev–Trinajstić information content (AvgIpc) is 1.65. The molecule has 0 amide bonds. The first-order valence-electron chi connectivity index (χ1n) is 1.68. The van der Waals surface area contributed by atoms with E-state index in [2.05, 4.69) is 0 Å². The van der Waals surface area contributed by atoms with E-state index in [4.69, 9.17) is 10.2 Å². The number of hydrogen-bond acceptors (Lipinski definition) is 4. The Morgan fingerprint density at radius 2 is 2.12 bits per heavy atom. The Hall–Kier alpha value is 0.390. The molecule has 4 nitrogen and oxygen atoms in total. The Morgan fingerprint density at radius 1 is 1.75 bits per heavy atom. The first-order valence-corrected chi connectivity index (χ1v) is 1.68. The summed E-state index contributed by atoms with van der Waals surface area (Å²) in [6.07, 6.45) is -1.74. The molecule has 1 atom stereocenters. The van der Waals surface area contributed by atoms with Crippen molar-refractivity contribution in [2.45, 2.75) is 6.10 Å². The van der Waals surface area contributed by atoms with E-state index >= 15 is 0 Å². The van der Waals surface area contributed by atoms with Crippen molar-refractivity contribution in [3.05, 3.63) is 0 Å². The Morgan fingerprint density at radius 3 is 2.12 bits per heavy atom. The van der Waals surface area contributed by atoms with Gasteiger partial charge in [0.15, 0.2) is 0 Å². The van der Waals surface area contributed by atoms with Crippen LogP contribution in [0.2, 0.25) is 0 Å². The van der Waals surface area contributed by atoms with Crippen molar-refractivity contribution < 1.29 is 49.7 Å². The summed E-state index contributed by atoms with van der Waals surface area (Å²) < 4.78 is 0. The smallest absolute Gasteiger partial charge is 0.547 e. The first kappa shape index (κ1) is 11.2. The maximum atomic E-state index is 9.41. The summed E-state index contributed by atoms with van der Waals surface area (Å²) in [5.41, 5.74) is 0. The fraction of sp³-hybridized carbons (Fsp3) is 0.667. The quantitative estimate of drug-likeness (QED) is 0.363. The largest absolute Gasteiger partial charge is 1.00 e. The van der Waals surface area contributed by atoms with Gasteiger partial charge in [0.2, 0.25) is 0 Å². The number of hydrogen-bond donors (Lipinski definition) is 2. The Kier molecular flexibility index (Phi) is 7.75. The Balaban J connectivity index is 0. The van der Waals surface area contributed by atoms with Gasteiger partial charge in [-0.05, 0) is 0 Å². The number of carboxylic acid groups (broad SMARTS) is 1. The van der Waals surface area contributed by atoms with E-state index in [0.717, 1.165) is 0 Å². The van der Waals surface area contributed by atoms with Gasteiger partial charge in [-0.25, -0.2) is 0 Å². The monoisotopic (exact) mass is 128 g/mol. The molecule has 0 aromatic heterocycles. The fourth-order valence-corrected chi connectivity index (χ4v) is 0.0745. The van der Waals surface area contributed by atoms with E-state index in [1.165, 1.54) is 0 Å². The molecule has 0 aromatic carbocycles. The van der Waals surface area contributed by atoms with Crippen LogP contribution in [0.3, 0.4) is 0 Å². The van der Waals surface area contributed by atoms with Crippen LogP contribution < -0.4 is 34.7 Å². The molecular weight excluding hydrogens is 123 g/mol. The van der Waals surface area contributed by atoms with Gasteiger partial charge in [0.05, 0.1) is 12.6 Å². The Bertz CT molecular complexity index is 73.7. The maximum absolute atomic E-state index is 9.41. The standard InChI is InChI=1S/C3H6O4.Na/c4-1-2(5)3(6)7;/h2,4-5H,1H2,(H,6,7);/q;+1/p-1/t2-;/m1./s1. The average molecular weight is 128 g/mol. The molecule has 0 saturated heterocycles. The molecule has 0 saturated carbocycles. The summed E-state index contributed by atoms with van der Waals surface area (Å²) >= 11 is 0. The molecule has 5 heteroatoms. The summed E-state index contributed by atoms with van der Waals surface area (Å²) in [7, 11) is 0. The zero-order valence-electron chi connectivity index (χ0n) is 4.50. The van der Waals surface area contributed by atoms with Crippen molar-refractivity contribution in [2.75, 3.05) is 6.61 Å². The van der Waals surface area contributed by atoms with Gasteiger partial charge in [-0.2, -0.15) is 0 Å². The van der Waals surface area contributed by atoms with Gasteiger partial charge in [0.25, 0.3) is 0 Å². The van der Waals surface area contributed by atoms with Crippen molar-refractivity contribution in [2.24, 2.45) is 0 Å². The molecule has 0 rings (SSSR count). The predicted octanol–water partition coefficient (Wildman–Crippen LogP) is -5.91. The van der Waals surface area contributed by atoms with Crippen molar-refractivity contribution in [3.8, 4) is 0 Å². The van der Waals surface area contributed by atoms with Gasteiger partial charge in [-0.1, -0.05) is 0 Å². The minimum absolute atomic E-state index is 0.